The first-order valence-corrected chi connectivity index (χ1v) is 9.64. The molecule has 9 heteroatoms. The van der Waals surface area contributed by atoms with E-state index in [0.717, 1.165) is 11.3 Å². The van der Waals surface area contributed by atoms with Crippen molar-refractivity contribution in [2.45, 2.75) is 10.8 Å². The molecule has 1 amide bonds. The predicted molar refractivity (Wildman–Crippen MR) is 107 cm³/mol. The summed E-state index contributed by atoms with van der Waals surface area (Å²) in [6.45, 7) is 0. The lowest BCUT2D eigenvalue weighted by Gasteiger charge is -2.10. The maximum absolute atomic E-state index is 13.1. The molecule has 144 valence electrons. The van der Waals surface area contributed by atoms with Gasteiger partial charge in [-0.1, -0.05) is 18.2 Å². The zero-order valence-electron chi connectivity index (χ0n) is 15.1. The molecule has 0 saturated carbocycles. The maximum Gasteiger partial charge on any atom is 0.258 e. The first kappa shape index (κ1) is 18.8. The van der Waals surface area contributed by atoms with E-state index in [1.807, 2.05) is 6.07 Å². The molecule has 0 spiro atoms. The standard InChI is InChI=1S/C20H15FN6OS/c21-15-8-6-14(7-9-15)12-29-20-18(5-2-10-22-20)19(28)24-16-3-1-4-17(11-16)27-13-23-25-26-27/h1-11,13H,12H2,(H,24,28). The topological polar surface area (TPSA) is 85.6 Å². The Bertz CT molecular complexity index is 1120. The second kappa shape index (κ2) is 8.61. The van der Waals surface area contributed by atoms with Crippen LogP contribution in [0.25, 0.3) is 5.69 Å². The molecule has 0 aliphatic heterocycles. The van der Waals surface area contributed by atoms with Gasteiger partial charge < -0.3 is 5.32 Å². The third-order valence-corrected chi connectivity index (χ3v) is 5.10. The number of carbonyl (C=O) groups excluding carboxylic acids is 1. The molecule has 0 atom stereocenters. The van der Waals surface area contributed by atoms with E-state index >= 15 is 0 Å². The number of rotatable bonds is 6. The normalized spacial score (nSPS) is 10.7. The monoisotopic (exact) mass is 406 g/mol. The Morgan fingerprint density at radius 1 is 1.10 bits per heavy atom. The Kier molecular flexibility index (Phi) is 5.57. The van der Waals surface area contributed by atoms with E-state index in [0.29, 0.717) is 22.0 Å². The van der Waals surface area contributed by atoms with Crippen LogP contribution in [0.4, 0.5) is 10.1 Å². The molecule has 0 radical (unpaired) electrons. The molecule has 29 heavy (non-hydrogen) atoms. The van der Waals surface area contributed by atoms with Gasteiger partial charge in [0.05, 0.1) is 11.3 Å². The van der Waals surface area contributed by atoms with Crippen LogP contribution in [-0.2, 0) is 5.75 Å². The highest BCUT2D eigenvalue weighted by atomic mass is 32.2. The van der Waals surface area contributed by atoms with Crippen molar-refractivity contribution in [1.29, 1.82) is 0 Å². The minimum atomic E-state index is -0.277. The largest absolute Gasteiger partial charge is 0.322 e. The molecule has 0 saturated heterocycles. The van der Waals surface area contributed by atoms with Gasteiger partial charge >= 0.3 is 0 Å². The van der Waals surface area contributed by atoms with Gasteiger partial charge in [-0.05, 0) is 58.5 Å². The number of tetrazole rings is 1. The van der Waals surface area contributed by atoms with Crippen molar-refractivity contribution in [1.82, 2.24) is 25.2 Å². The van der Waals surface area contributed by atoms with Crippen LogP contribution < -0.4 is 5.32 Å². The number of halogens is 1. The van der Waals surface area contributed by atoms with Crippen LogP contribution in [-0.4, -0.2) is 31.1 Å². The number of hydrogen-bond donors (Lipinski definition) is 1. The predicted octanol–water partition coefficient (Wildman–Crippen LogP) is 3.74. The molecule has 0 fully saturated rings. The molecule has 2 heterocycles. The average Bonchev–Trinajstić information content (AvgIpc) is 3.29. The molecular weight excluding hydrogens is 391 g/mol. The first-order valence-electron chi connectivity index (χ1n) is 8.66. The van der Waals surface area contributed by atoms with Crippen molar-refractivity contribution in [2.75, 3.05) is 5.32 Å². The zero-order chi connectivity index (χ0) is 20.1. The van der Waals surface area contributed by atoms with Gasteiger partial charge in [-0.3, -0.25) is 4.79 Å². The maximum atomic E-state index is 13.1. The second-order valence-electron chi connectivity index (χ2n) is 6.03. The number of nitrogens with zero attached hydrogens (tertiary/aromatic N) is 5. The molecule has 0 unspecified atom stereocenters. The Morgan fingerprint density at radius 2 is 1.97 bits per heavy atom. The quantitative estimate of drug-likeness (QED) is 0.491. The Balaban J connectivity index is 1.49. The molecule has 0 aliphatic carbocycles. The van der Waals surface area contributed by atoms with Crippen molar-refractivity contribution in [3.8, 4) is 5.69 Å². The lowest BCUT2D eigenvalue weighted by atomic mass is 10.2. The third-order valence-electron chi connectivity index (χ3n) is 4.02. The van der Waals surface area contributed by atoms with Gasteiger partial charge in [-0.15, -0.1) is 16.9 Å². The van der Waals surface area contributed by atoms with Crippen LogP contribution >= 0.6 is 11.8 Å². The minimum absolute atomic E-state index is 0.270. The van der Waals surface area contributed by atoms with E-state index in [1.54, 1.807) is 48.7 Å². The third kappa shape index (κ3) is 4.64. The fourth-order valence-electron chi connectivity index (χ4n) is 2.62. The molecule has 4 aromatic rings. The number of nitrogens with one attached hydrogen (secondary N) is 1. The molecule has 0 bridgehead atoms. The van der Waals surface area contributed by atoms with Gasteiger partial charge in [0.15, 0.2) is 0 Å². The summed E-state index contributed by atoms with van der Waals surface area (Å²) in [5.41, 5.74) is 2.75. The molecule has 2 aromatic carbocycles. The fourth-order valence-corrected chi connectivity index (χ4v) is 3.56. The van der Waals surface area contributed by atoms with E-state index in [-0.39, 0.29) is 11.7 Å². The summed E-state index contributed by atoms with van der Waals surface area (Å²) < 4.78 is 14.6. The van der Waals surface area contributed by atoms with Crippen LogP contribution in [0.15, 0.2) is 78.2 Å². The summed E-state index contributed by atoms with van der Waals surface area (Å²) in [6, 6.07) is 16.9. The number of amides is 1. The van der Waals surface area contributed by atoms with Gasteiger partial charge in [0.1, 0.15) is 17.2 Å². The zero-order valence-corrected chi connectivity index (χ0v) is 15.9. The average molecular weight is 406 g/mol. The molecule has 1 N–H and O–H groups in total. The highest BCUT2D eigenvalue weighted by molar-refractivity contribution is 7.98. The highest BCUT2D eigenvalue weighted by Gasteiger charge is 2.14. The van der Waals surface area contributed by atoms with Gasteiger partial charge in [0.25, 0.3) is 5.91 Å². The summed E-state index contributed by atoms with van der Waals surface area (Å²) >= 11 is 1.42. The number of anilines is 1. The van der Waals surface area contributed by atoms with E-state index in [9.17, 15) is 9.18 Å². The number of benzene rings is 2. The van der Waals surface area contributed by atoms with Crippen molar-refractivity contribution in [3.05, 3.63) is 90.1 Å². The Morgan fingerprint density at radius 3 is 2.76 bits per heavy atom. The SMILES string of the molecule is O=C(Nc1cccc(-n2cnnn2)c1)c1cccnc1SCc1ccc(F)cc1. The van der Waals surface area contributed by atoms with Gasteiger partial charge in [0, 0.05) is 17.6 Å². The van der Waals surface area contributed by atoms with E-state index in [1.165, 1.54) is 34.9 Å². The number of hydrogen-bond acceptors (Lipinski definition) is 6. The molecule has 4 rings (SSSR count). The minimum Gasteiger partial charge on any atom is -0.322 e. The summed E-state index contributed by atoms with van der Waals surface area (Å²) in [5.74, 6) is 0.0286. The lowest BCUT2D eigenvalue weighted by molar-refractivity contribution is 0.102. The molecule has 0 aliphatic rings. The smallest absolute Gasteiger partial charge is 0.258 e. The summed E-state index contributed by atoms with van der Waals surface area (Å²) in [5, 5.41) is 14.6. The number of carbonyl (C=O) groups is 1. The van der Waals surface area contributed by atoms with Gasteiger partial charge in [0.2, 0.25) is 0 Å². The molecular formula is C20H15FN6OS. The van der Waals surface area contributed by atoms with Crippen LogP contribution in [0, 0.1) is 5.82 Å². The summed E-state index contributed by atoms with van der Waals surface area (Å²) in [6.07, 6.45) is 3.12. The van der Waals surface area contributed by atoms with Gasteiger partial charge in [-0.25, -0.2) is 14.1 Å². The van der Waals surface area contributed by atoms with Crippen LogP contribution in [0.5, 0.6) is 0 Å². The number of aromatic nitrogens is 5. The van der Waals surface area contributed by atoms with E-state index in [2.05, 4.69) is 25.8 Å². The van der Waals surface area contributed by atoms with Crippen molar-refractivity contribution >= 4 is 23.4 Å². The van der Waals surface area contributed by atoms with E-state index < -0.39 is 0 Å². The van der Waals surface area contributed by atoms with Crippen LogP contribution in [0.2, 0.25) is 0 Å². The summed E-state index contributed by atoms with van der Waals surface area (Å²) in [7, 11) is 0. The number of thioether (sulfide) groups is 1. The molecule has 2 aromatic heterocycles. The van der Waals surface area contributed by atoms with Crippen molar-refractivity contribution < 1.29 is 9.18 Å². The lowest BCUT2D eigenvalue weighted by Crippen LogP contribution is -2.14. The van der Waals surface area contributed by atoms with Crippen LogP contribution in [0.1, 0.15) is 15.9 Å². The molecule has 7 nitrogen and oxygen atoms in total. The van der Waals surface area contributed by atoms with E-state index in [4.69, 9.17) is 0 Å². The van der Waals surface area contributed by atoms with Crippen LogP contribution in [0.3, 0.4) is 0 Å². The van der Waals surface area contributed by atoms with Gasteiger partial charge in [-0.2, -0.15) is 0 Å². The second-order valence-corrected chi connectivity index (χ2v) is 6.99. The highest BCUT2D eigenvalue weighted by Crippen LogP contribution is 2.25. The Labute approximate surface area is 170 Å². The number of pyridine rings is 1. The summed E-state index contributed by atoms with van der Waals surface area (Å²) in [4.78, 5) is 17.2. The first-order chi connectivity index (χ1) is 14.2. The van der Waals surface area contributed by atoms with Crippen molar-refractivity contribution in [2.24, 2.45) is 0 Å². The Hall–Kier alpha value is -3.59. The fraction of sp³-hybridized carbons (Fsp3) is 0.0500. The van der Waals surface area contributed by atoms with Crippen molar-refractivity contribution in [3.63, 3.8) is 0 Å².